The lowest BCUT2D eigenvalue weighted by Crippen LogP contribution is -2.18. The molecule has 0 bridgehead atoms. The Balaban J connectivity index is 0. The molecule has 90 valence electrons. The summed E-state index contributed by atoms with van der Waals surface area (Å²) >= 11 is 0. The van der Waals surface area contributed by atoms with Crippen molar-refractivity contribution in [3.05, 3.63) is 0 Å². The highest BCUT2D eigenvalue weighted by atomic mass is 16.5. The average molecular weight is 222 g/mol. The van der Waals surface area contributed by atoms with E-state index in [1.54, 1.807) is 6.92 Å². The van der Waals surface area contributed by atoms with Gasteiger partial charge in [-0.15, -0.1) is 0 Å². The number of carboxylic acid groups (broad SMARTS) is 1. The Hall–Kier alpha value is -1.14. The number of hydrogen-bond donors (Lipinski definition) is 2. The van der Waals surface area contributed by atoms with Crippen molar-refractivity contribution in [1.82, 2.24) is 0 Å². The molecule has 0 aliphatic carbocycles. The third-order valence-corrected chi connectivity index (χ3v) is 1.33. The molecule has 6 nitrogen and oxygen atoms in total. The van der Waals surface area contributed by atoms with Crippen LogP contribution in [-0.4, -0.2) is 48.1 Å². The van der Waals surface area contributed by atoms with Crippen molar-refractivity contribution in [2.24, 2.45) is 0 Å². The van der Waals surface area contributed by atoms with Crippen molar-refractivity contribution < 1.29 is 29.3 Å². The Morgan fingerprint density at radius 3 is 1.87 bits per heavy atom. The van der Waals surface area contributed by atoms with E-state index in [9.17, 15) is 9.59 Å². The molecule has 2 atom stereocenters. The standard InChI is InChI=1S/C5H10O3.C4H8O3/c1-3-8-5(7)4(2)6;1-3(7-2)4(5)6/h4,6H,3H2,1-2H3;3H,1-2H3,(H,5,6). The molecule has 0 aromatic carbocycles. The molecule has 0 aliphatic heterocycles. The van der Waals surface area contributed by atoms with Crippen LogP contribution in [-0.2, 0) is 19.1 Å². The number of aliphatic hydroxyl groups excluding tert-OH is 1. The molecule has 0 fully saturated rings. The van der Waals surface area contributed by atoms with Crippen LogP contribution in [0.5, 0.6) is 0 Å². The lowest BCUT2D eigenvalue weighted by atomic mass is 10.4. The van der Waals surface area contributed by atoms with E-state index in [1.165, 1.54) is 21.0 Å². The molecular weight excluding hydrogens is 204 g/mol. The summed E-state index contributed by atoms with van der Waals surface area (Å²) in [5.74, 6) is -1.49. The smallest absolute Gasteiger partial charge is 0.334 e. The number of rotatable bonds is 4. The van der Waals surface area contributed by atoms with Crippen molar-refractivity contribution in [3.8, 4) is 0 Å². The van der Waals surface area contributed by atoms with Gasteiger partial charge in [-0.05, 0) is 20.8 Å². The number of esters is 1. The molecule has 6 heteroatoms. The molecule has 0 saturated carbocycles. The third kappa shape index (κ3) is 10.8. The van der Waals surface area contributed by atoms with Crippen LogP contribution in [0.2, 0.25) is 0 Å². The molecule has 2 N–H and O–H groups in total. The highest BCUT2D eigenvalue weighted by molar-refractivity contribution is 5.73. The molecule has 0 aromatic heterocycles. The normalized spacial score (nSPS) is 13.1. The van der Waals surface area contributed by atoms with Crippen LogP contribution < -0.4 is 0 Å². The summed E-state index contributed by atoms with van der Waals surface area (Å²) < 4.78 is 8.83. The second-order valence-electron chi connectivity index (χ2n) is 2.64. The van der Waals surface area contributed by atoms with E-state index in [0.29, 0.717) is 6.61 Å². The fourth-order valence-corrected chi connectivity index (χ4v) is 0.364. The van der Waals surface area contributed by atoms with Crippen molar-refractivity contribution in [2.45, 2.75) is 33.0 Å². The number of aliphatic carboxylic acids is 1. The largest absolute Gasteiger partial charge is 0.479 e. The number of carboxylic acids is 1. The van der Waals surface area contributed by atoms with Crippen LogP contribution >= 0.6 is 0 Å². The van der Waals surface area contributed by atoms with Gasteiger partial charge in [0.05, 0.1) is 6.61 Å². The molecule has 0 aromatic rings. The quantitative estimate of drug-likeness (QED) is 0.652. The lowest BCUT2D eigenvalue weighted by molar-refractivity contribution is -0.152. The summed E-state index contributed by atoms with van der Waals surface area (Å²) in [6, 6.07) is 0. The first-order valence-corrected chi connectivity index (χ1v) is 4.47. The predicted octanol–water partition coefficient (Wildman–Crippen LogP) is 0.0362. The fourth-order valence-electron chi connectivity index (χ4n) is 0.364. The van der Waals surface area contributed by atoms with Crippen LogP contribution in [0.3, 0.4) is 0 Å². The minimum atomic E-state index is -0.991. The first kappa shape index (κ1) is 16.3. The van der Waals surface area contributed by atoms with Gasteiger partial charge in [-0.1, -0.05) is 0 Å². The number of methoxy groups -OCH3 is 1. The predicted molar refractivity (Wildman–Crippen MR) is 52.4 cm³/mol. The molecule has 0 aliphatic rings. The molecule has 0 heterocycles. The summed E-state index contributed by atoms with van der Waals surface area (Å²) in [6.07, 6.45) is -1.67. The second-order valence-corrected chi connectivity index (χ2v) is 2.64. The van der Waals surface area contributed by atoms with Crippen LogP contribution in [0.4, 0.5) is 0 Å². The molecule has 0 rings (SSSR count). The Labute approximate surface area is 88.8 Å². The van der Waals surface area contributed by atoms with Gasteiger partial charge in [0.25, 0.3) is 0 Å². The summed E-state index contributed by atoms with van der Waals surface area (Å²) in [5, 5.41) is 16.5. The first-order valence-electron chi connectivity index (χ1n) is 4.47. The van der Waals surface area contributed by atoms with Gasteiger partial charge in [0.15, 0.2) is 6.10 Å². The number of carbonyl (C=O) groups excluding carboxylic acids is 1. The molecule has 0 amide bonds. The van der Waals surface area contributed by atoms with Gasteiger partial charge in [0.2, 0.25) is 0 Å². The van der Waals surface area contributed by atoms with Gasteiger partial charge in [0, 0.05) is 7.11 Å². The zero-order valence-corrected chi connectivity index (χ0v) is 9.39. The van der Waals surface area contributed by atoms with Crippen molar-refractivity contribution in [2.75, 3.05) is 13.7 Å². The van der Waals surface area contributed by atoms with Crippen molar-refractivity contribution in [1.29, 1.82) is 0 Å². The van der Waals surface area contributed by atoms with Crippen LogP contribution in [0, 0.1) is 0 Å². The highest BCUT2D eigenvalue weighted by Gasteiger charge is 2.07. The van der Waals surface area contributed by atoms with Gasteiger partial charge < -0.3 is 19.7 Å². The van der Waals surface area contributed by atoms with E-state index in [4.69, 9.17) is 10.2 Å². The second kappa shape index (κ2) is 9.42. The highest BCUT2D eigenvalue weighted by Crippen LogP contribution is 1.84. The molecule has 2 unspecified atom stereocenters. The SMILES string of the molecule is CCOC(=O)C(C)O.COC(C)C(=O)O. The molecule has 0 spiro atoms. The van der Waals surface area contributed by atoms with E-state index < -0.39 is 24.1 Å². The van der Waals surface area contributed by atoms with E-state index >= 15 is 0 Å². The van der Waals surface area contributed by atoms with Gasteiger partial charge in [0.1, 0.15) is 6.10 Å². The van der Waals surface area contributed by atoms with E-state index in [1.807, 2.05) is 0 Å². The average Bonchev–Trinajstić information content (AvgIpc) is 2.17. The zero-order valence-electron chi connectivity index (χ0n) is 9.39. The maximum Gasteiger partial charge on any atom is 0.334 e. The molecule has 0 radical (unpaired) electrons. The van der Waals surface area contributed by atoms with Crippen molar-refractivity contribution in [3.63, 3.8) is 0 Å². The number of hydrogen-bond acceptors (Lipinski definition) is 5. The van der Waals surface area contributed by atoms with E-state index in [0.717, 1.165) is 0 Å². The Bertz CT molecular complexity index is 189. The summed E-state index contributed by atoms with van der Waals surface area (Å²) in [6.45, 7) is 4.87. The van der Waals surface area contributed by atoms with Crippen LogP contribution in [0.15, 0.2) is 0 Å². The van der Waals surface area contributed by atoms with Crippen LogP contribution in [0.25, 0.3) is 0 Å². The van der Waals surface area contributed by atoms with Gasteiger partial charge in [-0.3, -0.25) is 0 Å². The third-order valence-electron chi connectivity index (χ3n) is 1.33. The number of aliphatic hydroxyl groups is 1. The summed E-state index contributed by atoms with van der Waals surface area (Å²) in [4.78, 5) is 20.1. The summed E-state index contributed by atoms with van der Waals surface area (Å²) in [5.41, 5.74) is 0. The molecule has 0 saturated heterocycles. The maximum absolute atomic E-state index is 10.3. The van der Waals surface area contributed by atoms with E-state index in [-0.39, 0.29) is 0 Å². The monoisotopic (exact) mass is 222 g/mol. The minimum Gasteiger partial charge on any atom is -0.479 e. The molecule has 15 heavy (non-hydrogen) atoms. The van der Waals surface area contributed by atoms with Gasteiger partial charge in [-0.25, -0.2) is 9.59 Å². The Morgan fingerprint density at radius 1 is 1.33 bits per heavy atom. The first-order chi connectivity index (χ1) is 6.86. The number of ether oxygens (including phenoxy) is 2. The van der Waals surface area contributed by atoms with Gasteiger partial charge in [-0.2, -0.15) is 0 Å². The minimum absolute atomic E-state index is 0.323. The Kier molecular flexibility index (Phi) is 10.2. The van der Waals surface area contributed by atoms with Crippen molar-refractivity contribution >= 4 is 11.9 Å². The lowest BCUT2D eigenvalue weighted by Gasteiger charge is -2.01. The van der Waals surface area contributed by atoms with Crippen LogP contribution in [0.1, 0.15) is 20.8 Å². The Morgan fingerprint density at radius 2 is 1.80 bits per heavy atom. The molecular formula is C9H18O6. The van der Waals surface area contributed by atoms with E-state index in [2.05, 4.69) is 9.47 Å². The number of carbonyl (C=O) groups is 2. The maximum atomic E-state index is 10.3. The zero-order chi connectivity index (χ0) is 12.4. The summed E-state index contributed by atoms with van der Waals surface area (Å²) in [7, 11) is 1.36. The fraction of sp³-hybridized carbons (Fsp3) is 0.778. The van der Waals surface area contributed by atoms with Gasteiger partial charge >= 0.3 is 11.9 Å². The topological polar surface area (TPSA) is 93.1 Å².